The topological polar surface area (TPSA) is 71.5 Å². The number of carbonyl (C=O) groups excluding carboxylic acids is 1. The predicted octanol–water partition coefficient (Wildman–Crippen LogP) is 3.89. The van der Waals surface area contributed by atoms with Crippen molar-refractivity contribution in [3.8, 4) is 0 Å². The Bertz CT molecular complexity index is 842. The number of anilines is 1. The van der Waals surface area contributed by atoms with Crippen LogP contribution in [0.2, 0.25) is 5.15 Å². The second-order valence-electron chi connectivity index (χ2n) is 7.31. The van der Waals surface area contributed by atoms with E-state index in [1.165, 1.54) is 0 Å². The standard InChI is InChI=1S/C17H21BrClN5O2/c1-17(2,3)26-16(25)23(4)11-5-6-24(9-11)15-13(19)21-12-7-10(18)8-20-14(12)22-15/h7-8,11H,5-6,9H2,1-4H3/t11-/m1/s1. The number of likely N-dealkylation sites (N-methyl/N-ethyl adjacent to an activating group) is 1. The number of carbonyl (C=O) groups is 1. The SMILES string of the molecule is CN(C(=O)OC(C)(C)C)[C@@H]1CCN(c2nc3ncc(Br)cc3nc2Cl)C1. The first-order valence-corrected chi connectivity index (χ1v) is 9.51. The Morgan fingerprint density at radius 1 is 1.42 bits per heavy atom. The molecule has 26 heavy (non-hydrogen) atoms. The Morgan fingerprint density at radius 3 is 2.85 bits per heavy atom. The summed E-state index contributed by atoms with van der Waals surface area (Å²) in [6, 6.07) is 1.85. The monoisotopic (exact) mass is 441 g/mol. The smallest absolute Gasteiger partial charge is 0.410 e. The minimum absolute atomic E-state index is 0.0243. The third-order valence-corrected chi connectivity index (χ3v) is 4.81. The molecular formula is C17H21BrClN5O2. The van der Waals surface area contributed by atoms with Crippen LogP contribution in [0.5, 0.6) is 0 Å². The summed E-state index contributed by atoms with van der Waals surface area (Å²) in [6.45, 7) is 6.92. The molecular weight excluding hydrogens is 422 g/mol. The fourth-order valence-electron chi connectivity index (χ4n) is 2.83. The van der Waals surface area contributed by atoms with Crippen molar-refractivity contribution in [2.24, 2.45) is 0 Å². The van der Waals surface area contributed by atoms with Gasteiger partial charge in [-0.3, -0.25) is 0 Å². The summed E-state index contributed by atoms with van der Waals surface area (Å²) < 4.78 is 6.27. The van der Waals surface area contributed by atoms with E-state index >= 15 is 0 Å². The van der Waals surface area contributed by atoms with Crippen LogP contribution in [-0.4, -0.2) is 57.7 Å². The lowest BCUT2D eigenvalue weighted by atomic mass is 10.2. The van der Waals surface area contributed by atoms with E-state index in [1.54, 1.807) is 18.1 Å². The lowest BCUT2D eigenvalue weighted by molar-refractivity contribution is 0.0238. The van der Waals surface area contributed by atoms with E-state index in [0.717, 1.165) is 17.4 Å². The van der Waals surface area contributed by atoms with Crippen LogP contribution in [0, 0.1) is 0 Å². The minimum atomic E-state index is -0.517. The van der Waals surface area contributed by atoms with E-state index in [0.29, 0.717) is 28.7 Å². The highest BCUT2D eigenvalue weighted by atomic mass is 79.9. The first-order valence-electron chi connectivity index (χ1n) is 8.33. The number of rotatable bonds is 2. The molecule has 0 radical (unpaired) electrons. The molecule has 140 valence electrons. The molecule has 0 aromatic carbocycles. The minimum Gasteiger partial charge on any atom is -0.444 e. The number of hydrogen-bond donors (Lipinski definition) is 0. The van der Waals surface area contributed by atoms with Crippen LogP contribution in [0.4, 0.5) is 10.6 Å². The van der Waals surface area contributed by atoms with E-state index in [9.17, 15) is 4.79 Å². The Morgan fingerprint density at radius 2 is 2.15 bits per heavy atom. The molecule has 3 heterocycles. The number of aromatic nitrogens is 3. The van der Waals surface area contributed by atoms with Gasteiger partial charge in [-0.2, -0.15) is 0 Å². The summed E-state index contributed by atoms with van der Waals surface area (Å²) in [6.07, 6.45) is 2.16. The van der Waals surface area contributed by atoms with Crippen molar-refractivity contribution in [1.82, 2.24) is 19.9 Å². The number of amides is 1. The average Bonchev–Trinajstić information content (AvgIpc) is 3.01. The van der Waals surface area contributed by atoms with Crippen molar-refractivity contribution in [3.63, 3.8) is 0 Å². The summed E-state index contributed by atoms with van der Waals surface area (Å²) in [5.74, 6) is 0.592. The molecule has 0 spiro atoms. The maximum absolute atomic E-state index is 12.3. The molecule has 9 heteroatoms. The molecule has 0 unspecified atom stereocenters. The second kappa shape index (κ2) is 7.15. The Hall–Kier alpha value is -1.67. The van der Waals surface area contributed by atoms with Gasteiger partial charge in [0, 0.05) is 30.8 Å². The van der Waals surface area contributed by atoms with E-state index in [-0.39, 0.29) is 12.1 Å². The molecule has 3 rings (SSSR count). The summed E-state index contributed by atoms with van der Waals surface area (Å²) in [5.41, 5.74) is 0.655. The van der Waals surface area contributed by atoms with Gasteiger partial charge in [-0.15, -0.1) is 0 Å². The van der Waals surface area contributed by atoms with Crippen molar-refractivity contribution in [2.45, 2.75) is 38.8 Å². The van der Waals surface area contributed by atoms with Crippen LogP contribution >= 0.6 is 27.5 Å². The van der Waals surface area contributed by atoms with Gasteiger partial charge in [0.2, 0.25) is 0 Å². The highest BCUT2D eigenvalue weighted by molar-refractivity contribution is 9.10. The Kier molecular flexibility index (Phi) is 5.25. The Balaban J connectivity index is 1.76. The summed E-state index contributed by atoms with van der Waals surface area (Å²) in [7, 11) is 1.76. The summed E-state index contributed by atoms with van der Waals surface area (Å²) in [5, 5.41) is 0.331. The summed E-state index contributed by atoms with van der Waals surface area (Å²) in [4.78, 5) is 29.2. The van der Waals surface area contributed by atoms with Crippen molar-refractivity contribution in [2.75, 3.05) is 25.0 Å². The normalized spacial score (nSPS) is 17.6. The molecule has 1 aliphatic rings. The van der Waals surface area contributed by atoms with Gasteiger partial charge in [0.15, 0.2) is 16.6 Å². The first-order chi connectivity index (χ1) is 12.1. The van der Waals surface area contributed by atoms with E-state index < -0.39 is 5.60 Å². The number of hydrogen-bond acceptors (Lipinski definition) is 6. The van der Waals surface area contributed by atoms with Crippen LogP contribution < -0.4 is 4.90 Å². The fourth-order valence-corrected chi connectivity index (χ4v) is 3.40. The first kappa shape index (κ1) is 19.1. The van der Waals surface area contributed by atoms with Crippen LogP contribution in [0.3, 0.4) is 0 Å². The van der Waals surface area contributed by atoms with Gasteiger partial charge < -0.3 is 14.5 Å². The maximum Gasteiger partial charge on any atom is 0.410 e. The number of ether oxygens (including phenoxy) is 1. The fraction of sp³-hybridized carbons (Fsp3) is 0.529. The molecule has 1 fully saturated rings. The van der Waals surface area contributed by atoms with Gasteiger partial charge in [-0.05, 0) is 49.2 Å². The van der Waals surface area contributed by atoms with Gasteiger partial charge in [-0.1, -0.05) is 11.6 Å². The van der Waals surface area contributed by atoms with Crippen molar-refractivity contribution >= 4 is 50.6 Å². The van der Waals surface area contributed by atoms with E-state index in [4.69, 9.17) is 16.3 Å². The van der Waals surface area contributed by atoms with Crippen molar-refractivity contribution < 1.29 is 9.53 Å². The quantitative estimate of drug-likeness (QED) is 0.703. The van der Waals surface area contributed by atoms with Gasteiger partial charge >= 0.3 is 6.09 Å². The van der Waals surface area contributed by atoms with E-state index in [2.05, 4.69) is 30.9 Å². The van der Waals surface area contributed by atoms with E-state index in [1.807, 2.05) is 31.7 Å². The van der Waals surface area contributed by atoms with Crippen molar-refractivity contribution in [3.05, 3.63) is 21.9 Å². The van der Waals surface area contributed by atoms with Crippen LogP contribution in [-0.2, 0) is 4.74 Å². The maximum atomic E-state index is 12.3. The van der Waals surface area contributed by atoms with Crippen LogP contribution in [0.25, 0.3) is 11.2 Å². The molecule has 2 aromatic heterocycles. The third-order valence-electron chi connectivity index (χ3n) is 4.12. The Labute approximate surface area is 165 Å². The number of fused-ring (bicyclic) bond motifs is 1. The molecule has 1 atom stereocenters. The molecule has 2 aromatic rings. The number of nitrogens with zero attached hydrogens (tertiary/aromatic N) is 5. The molecule has 1 aliphatic heterocycles. The molecule has 1 amide bonds. The number of pyridine rings is 1. The zero-order valence-electron chi connectivity index (χ0n) is 15.2. The van der Waals surface area contributed by atoms with Gasteiger partial charge in [0.05, 0.1) is 6.04 Å². The van der Waals surface area contributed by atoms with Gasteiger partial charge in [0.25, 0.3) is 0 Å². The van der Waals surface area contributed by atoms with Crippen molar-refractivity contribution in [1.29, 1.82) is 0 Å². The highest BCUT2D eigenvalue weighted by Crippen LogP contribution is 2.29. The lowest BCUT2D eigenvalue weighted by Gasteiger charge is -2.28. The zero-order valence-corrected chi connectivity index (χ0v) is 17.5. The molecule has 0 aliphatic carbocycles. The van der Waals surface area contributed by atoms with Crippen LogP contribution in [0.15, 0.2) is 16.7 Å². The second-order valence-corrected chi connectivity index (χ2v) is 8.59. The molecule has 1 saturated heterocycles. The van der Waals surface area contributed by atoms with Crippen LogP contribution in [0.1, 0.15) is 27.2 Å². The average molecular weight is 443 g/mol. The molecule has 7 nitrogen and oxygen atoms in total. The number of halogens is 2. The predicted molar refractivity (Wildman–Crippen MR) is 105 cm³/mol. The molecule has 0 N–H and O–H groups in total. The summed E-state index contributed by atoms with van der Waals surface area (Å²) >= 11 is 9.72. The van der Waals surface area contributed by atoms with Gasteiger partial charge in [-0.25, -0.2) is 19.7 Å². The lowest BCUT2D eigenvalue weighted by Crippen LogP contribution is -2.42. The molecule has 0 bridgehead atoms. The zero-order chi connectivity index (χ0) is 19.1. The van der Waals surface area contributed by atoms with Gasteiger partial charge in [0.1, 0.15) is 11.1 Å². The third kappa shape index (κ3) is 4.17. The molecule has 0 saturated carbocycles. The highest BCUT2D eigenvalue weighted by Gasteiger charge is 2.32. The largest absolute Gasteiger partial charge is 0.444 e.